The minimum atomic E-state index is -0.0833. The van der Waals surface area contributed by atoms with Gasteiger partial charge in [-0.3, -0.25) is 0 Å². The van der Waals surface area contributed by atoms with E-state index in [0.29, 0.717) is 0 Å². The molecule has 0 aromatic heterocycles. The van der Waals surface area contributed by atoms with Crippen molar-refractivity contribution < 1.29 is 9.47 Å². The maximum Gasteiger partial charge on any atom is 0.119 e. The van der Waals surface area contributed by atoms with Crippen molar-refractivity contribution in [1.29, 1.82) is 0 Å². The van der Waals surface area contributed by atoms with Crippen molar-refractivity contribution in [2.45, 2.75) is 45.4 Å². The van der Waals surface area contributed by atoms with Gasteiger partial charge in [-0.1, -0.05) is 19.1 Å². The van der Waals surface area contributed by atoms with Gasteiger partial charge in [0.2, 0.25) is 0 Å². The Labute approximate surface area is 104 Å². The summed E-state index contributed by atoms with van der Waals surface area (Å²) in [4.78, 5) is 0. The number of methoxy groups -OCH3 is 1. The van der Waals surface area contributed by atoms with Gasteiger partial charge < -0.3 is 15.2 Å². The Morgan fingerprint density at radius 1 is 1.29 bits per heavy atom. The Balaban J connectivity index is 2.88. The van der Waals surface area contributed by atoms with Crippen LogP contribution in [0.4, 0.5) is 0 Å². The molecule has 0 amide bonds. The van der Waals surface area contributed by atoms with Gasteiger partial charge in [0.1, 0.15) is 5.75 Å². The summed E-state index contributed by atoms with van der Waals surface area (Å²) in [5.74, 6) is 0.834. The molecule has 0 heterocycles. The summed E-state index contributed by atoms with van der Waals surface area (Å²) < 4.78 is 11.2. The van der Waals surface area contributed by atoms with E-state index in [1.165, 1.54) is 0 Å². The van der Waals surface area contributed by atoms with Crippen LogP contribution in [0.5, 0.6) is 5.75 Å². The Morgan fingerprint density at radius 2 is 2.00 bits per heavy atom. The monoisotopic (exact) mass is 237 g/mol. The molecule has 0 saturated heterocycles. The third kappa shape index (κ3) is 4.02. The minimum absolute atomic E-state index is 0.0453. The molecular formula is C14H23NO2. The molecule has 17 heavy (non-hydrogen) atoms. The highest BCUT2D eigenvalue weighted by atomic mass is 16.5. The molecule has 0 bridgehead atoms. The fraction of sp³-hybridized carbons (Fsp3) is 0.571. The fourth-order valence-electron chi connectivity index (χ4n) is 1.67. The lowest BCUT2D eigenvalue weighted by Crippen LogP contribution is -2.29. The van der Waals surface area contributed by atoms with Crippen LogP contribution in [0.1, 0.15) is 38.9 Å². The average molecular weight is 237 g/mol. The molecule has 96 valence electrons. The van der Waals surface area contributed by atoms with Gasteiger partial charge in [0, 0.05) is 6.04 Å². The summed E-state index contributed by atoms with van der Waals surface area (Å²) in [6, 6.07) is 7.85. The van der Waals surface area contributed by atoms with Gasteiger partial charge in [-0.05, 0) is 38.0 Å². The first-order valence-corrected chi connectivity index (χ1v) is 6.13. The van der Waals surface area contributed by atoms with Gasteiger partial charge >= 0.3 is 0 Å². The van der Waals surface area contributed by atoms with Gasteiger partial charge in [-0.25, -0.2) is 0 Å². The Bertz CT molecular complexity index is 339. The molecule has 1 aromatic rings. The third-order valence-corrected chi connectivity index (χ3v) is 2.85. The first-order chi connectivity index (χ1) is 8.08. The SMILES string of the molecule is CCC(C)OC(c1cccc(OC)c1)C(C)N. The van der Waals surface area contributed by atoms with E-state index in [4.69, 9.17) is 15.2 Å². The molecular weight excluding hydrogens is 214 g/mol. The molecule has 0 aliphatic rings. The van der Waals surface area contributed by atoms with Crippen LogP contribution in [-0.4, -0.2) is 19.3 Å². The van der Waals surface area contributed by atoms with Crippen molar-refractivity contribution in [2.75, 3.05) is 7.11 Å². The van der Waals surface area contributed by atoms with E-state index in [1.807, 2.05) is 31.2 Å². The zero-order chi connectivity index (χ0) is 12.8. The average Bonchev–Trinajstić information content (AvgIpc) is 2.35. The number of hydrogen-bond acceptors (Lipinski definition) is 3. The molecule has 1 rings (SSSR count). The van der Waals surface area contributed by atoms with Crippen molar-refractivity contribution in [1.82, 2.24) is 0 Å². The summed E-state index contributed by atoms with van der Waals surface area (Å²) >= 11 is 0. The molecule has 3 heteroatoms. The summed E-state index contributed by atoms with van der Waals surface area (Å²) in [6.45, 7) is 6.14. The van der Waals surface area contributed by atoms with Gasteiger partial charge in [-0.2, -0.15) is 0 Å². The maximum atomic E-state index is 6.00. The molecule has 1 aromatic carbocycles. The van der Waals surface area contributed by atoms with Gasteiger partial charge in [0.25, 0.3) is 0 Å². The van der Waals surface area contributed by atoms with Crippen LogP contribution in [0.3, 0.4) is 0 Å². The first-order valence-electron chi connectivity index (χ1n) is 6.13. The summed E-state index contributed by atoms with van der Waals surface area (Å²) in [5.41, 5.74) is 7.07. The zero-order valence-electron chi connectivity index (χ0n) is 11.1. The van der Waals surface area contributed by atoms with Gasteiger partial charge in [-0.15, -0.1) is 0 Å². The van der Waals surface area contributed by atoms with E-state index >= 15 is 0 Å². The van der Waals surface area contributed by atoms with Crippen LogP contribution in [0.15, 0.2) is 24.3 Å². The fourth-order valence-corrected chi connectivity index (χ4v) is 1.67. The first kappa shape index (κ1) is 14.0. The zero-order valence-corrected chi connectivity index (χ0v) is 11.1. The quantitative estimate of drug-likeness (QED) is 0.827. The highest BCUT2D eigenvalue weighted by molar-refractivity contribution is 5.30. The second-order valence-electron chi connectivity index (χ2n) is 4.41. The number of nitrogens with two attached hydrogens (primary N) is 1. The second kappa shape index (κ2) is 6.62. The lowest BCUT2D eigenvalue weighted by atomic mass is 10.0. The standard InChI is InChI=1S/C14H23NO2/c1-5-10(2)17-14(11(3)15)12-7-6-8-13(9-12)16-4/h6-11,14H,5,15H2,1-4H3. The second-order valence-corrected chi connectivity index (χ2v) is 4.41. The van der Waals surface area contributed by atoms with Gasteiger partial charge in [0.15, 0.2) is 0 Å². The van der Waals surface area contributed by atoms with Crippen LogP contribution >= 0.6 is 0 Å². The number of ether oxygens (including phenoxy) is 2. The van der Waals surface area contributed by atoms with E-state index in [9.17, 15) is 0 Å². The van der Waals surface area contributed by atoms with Crippen molar-refractivity contribution in [3.05, 3.63) is 29.8 Å². The van der Waals surface area contributed by atoms with E-state index in [-0.39, 0.29) is 18.2 Å². The third-order valence-electron chi connectivity index (χ3n) is 2.85. The highest BCUT2D eigenvalue weighted by Crippen LogP contribution is 2.25. The van der Waals surface area contributed by atoms with Crippen molar-refractivity contribution in [3.8, 4) is 5.75 Å². The van der Waals surface area contributed by atoms with E-state index in [0.717, 1.165) is 17.7 Å². The van der Waals surface area contributed by atoms with Crippen LogP contribution in [0, 0.1) is 0 Å². The smallest absolute Gasteiger partial charge is 0.119 e. The number of rotatable bonds is 6. The normalized spacial score (nSPS) is 16.3. The topological polar surface area (TPSA) is 44.5 Å². The van der Waals surface area contributed by atoms with E-state index in [1.54, 1.807) is 7.11 Å². The van der Waals surface area contributed by atoms with E-state index in [2.05, 4.69) is 13.8 Å². The predicted molar refractivity (Wildman–Crippen MR) is 70.2 cm³/mol. The molecule has 0 radical (unpaired) electrons. The Morgan fingerprint density at radius 3 is 2.53 bits per heavy atom. The molecule has 0 aliphatic carbocycles. The van der Waals surface area contributed by atoms with Crippen molar-refractivity contribution in [2.24, 2.45) is 5.73 Å². The van der Waals surface area contributed by atoms with Crippen molar-refractivity contribution in [3.63, 3.8) is 0 Å². The van der Waals surface area contributed by atoms with Crippen LogP contribution < -0.4 is 10.5 Å². The lowest BCUT2D eigenvalue weighted by molar-refractivity contribution is -0.0162. The highest BCUT2D eigenvalue weighted by Gasteiger charge is 2.19. The summed E-state index contributed by atoms with van der Waals surface area (Å²) in [6.07, 6.45) is 1.10. The molecule has 3 unspecified atom stereocenters. The lowest BCUT2D eigenvalue weighted by Gasteiger charge is -2.25. The molecule has 3 nitrogen and oxygen atoms in total. The van der Waals surface area contributed by atoms with Crippen LogP contribution in [0.2, 0.25) is 0 Å². The minimum Gasteiger partial charge on any atom is -0.497 e. The van der Waals surface area contributed by atoms with Crippen LogP contribution in [0.25, 0.3) is 0 Å². The summed E-state index contributed by atoms with van der Waals surface area (Å²) in [5, 5.41) is 0. The summed E-state index contributed by atoms with van der Waals surface area (Å²) in [7, 11) is 1.66. The maximum absolute atomic E-state index is 6.00. The predicted octanol–water partition coefficient (Wildman–Crippen LogP) is 2.90. The number of hydrogen-bond donors (Lipinski definition) is 1. The molecule has 0 aliphatic heterocycles. The van der Waals surface area contributed by atoms with Crippen molar-refractivity contribution >= 4 is 0 Å². The molecule has 2 N–H and O–H groups in total. The molecule has 0 spiro atoms. The molecule has 3 atom stereocenters. The molecule has 0 saturated carbocycles. The Kier molecular flexibility index (Phi) is 5.45. The Hall–Kier alpha value is -1.06. The van der Waals surface area contributed by atoms with Crippen LogP contribution in [-0.2, 0) is 4.74 Å². The van der Waals surface area contributed by atoms with Gasteiger partial charge in [0.05, 0.1) is 19.3 Å². The number of benzene rings is 1. The molecule has 0 fully saturated rings. The largest absolute Gasteiger partial charge is 0.497 e. The van der Waals surface area contributed by atoms with E-state index < -0.39 is 0 Å².